The van der Waals surface area contributed by atoms with E-state index in [4.69, 9.17) is 16.3 Å². The molecule has 0 amide bonds. The van der Waals surface area contributed by atoms with Crippen molar-refractivity contribution in [1.29, 1.82) is 0 Å². The molecule has 1 fully saturated rings. The molecular weight excluding hydrogens is 506 g/mol. The van der Waals surface area contributed by atoms with Gasteiger partial charge in [-0.15, -0.1) is 11.8 Å². The number of aliphatic carboxylic acids is 1. The minimum Gasteiger partial charge on any atom is -0.497 e. The maximum Gasteiger partial charge on any atom is 0.308 e. The van der Waals surface area contributed by atoms with Crippen LogP contribution in [0.4, 0.5) is 0 Å². The van der Waals surface area contributed by atoms with Crippen LogP contribution in [0, 0.1) is 12.8 Å². The van der Waals surface area contributed by atoms with Crippen molar-refractivity contribution in [3.8, 4) is 5.75 Å². The molecule has 1 aliphatic rings. The molecular formula is C26H26ClNO5S2. The number of sulfonamides is 1. The van der Waals surface area contributed by atoms with Gasteiger partial charge in [-0.05, 0) is 67.4 Å². The van der Waals surface area contributed by atoms with E-state index in [9.17, 15) is 18.3 Å². The second-order valence-corrected chi connectivity index (χ2v) is 12.1. The van der Waals surface area contributed by atoms with Crippen LogP contribution in [0.1, 0.15) is 23.6 Å². The summed E-state index contributed by atoms with van der Waals surface area (Å²) in [4.78, 5) is 13.4. The number of nitrogens with zero attached hydrogens (tertiary/aromatic N) is 1. The number of benzene rings is 3. The molecule has 0 spiro atoms. The summed E-state index contributed by atoms with van der Waals surface area (Å²) < 4.78 is 34.1. The summed E-state index contributed by atoms with van der Waals surface area (Å²) in [5, 5.41) is 10.2. The molecule has 0 aromatic heterocycles. The average molecular weight is 532 g/mol. The van der Waals surface area contributed by atoms with Gasteiger partial charge in [0.25, 0.3) is 0 Å². The first kappa shape index (κ1) is 25.6. The van der Waals surface area contributed by atoms with E-state index < -0.39 is 28.0 Å². The monoisotopic (exact) mass is 531 g/mol. The molecule has 0 saturated carbocycles. The molecule has 0 bridgehead atoms. The molecule has 1 saturated heterocycles. The lowest BCUT2D eigenvalue weighted by Gasteiger charge is -2.41. The Morgan fingerprint density at radius 2 is 1.66 bits per heavy atom. The van der Waals surface area contributed by atoms with Crippen LogP contribution in [0.5, 0.6) is 5.75 Å². The Bertz CT molecular complexity index is 1280. The zero-order chi connectivity index (χ0) is 25.2. The molecule has 6 nitrogen and oxygen atoms in total. The zero-order valence-corrected chi connectivity index (χ0v) is 21.7. The molecule has 3 aromatic carbocycles. The van der Waals surface area contributed by atoms with E-state index in [-0.39, 0.29) is 16.7 Å². The van der Waals surface area contributed by atoms with Gasteiger partial charge in [0, 0.05) is 21.7 Å². The van der Waals surface area contributed by atoms with Crippen molar-refractivity contribution in [3.05, 3.63) is 88.9 Å². The molecule has 184 valence electrons. The van der Waals surface area contributed by atoms with E-state index >= 15 is 0 Å². The Kier molecular flexibility index (Phi) is 7.76. The van der Waals surface area contributed by atoms with Gasteiger partial charge in [0.15, 0.2) is 0 Å². The van der Waals surface area contributed by atoms with Crippen LogP contribution in [0.3, 0.4) is 0 Å². The van der Waals surface area contributed by atoms with Crippen LogP contribution in [0.2, 0.25) is 5.02 Å². The lowest BCUT2D eigenvalue weighted by molar-refractivity contribution is -0.143. The number of hydrogen-bond donors (Lipinski definition) is 1. The van der Waals surface area contributed by atoms with Crippen LogP contribution in [-0.2, 0) is 14.8 Å². The molecule has 4 rings (SSSR count). The molecule has 9 heteroatoms. The second kappa shape index (κ2) is 10.6. The van der Waals surface area contributed by atoms with Gasteiger partial charge in [0.2, 0.25) is 10.0 Å². The van der Waals surface area contributed by atoms with Gasteiger partial charge in [-0.1, -0.05) is 41.4 Å². The van der Waals surface area contributed by atoms with Crippen LogP contribution < -0.4 is 4.74 Å². The van der Waals surface area contributed by atoms with Gasteiger partial charge >= 0.3 is 5.97 Å². The average Bonchev–Trinajstić information content (AvgIpc) is 2.85. The molecule has 1 aliphatic heterocycles. The van der Waals surface area contributed by atoms with Gasteiger partial charge in [-0.3, -0.25) is 4.79 Å². The highest BCUT2D eigenvalue weighted by Gasteiger charge is 2.45. The first-order chi connectivity index (χ1) is 16.7. The van der Waals surface area contributed by atoms with Crippen LogP contribution in [0.15, 0.2) is 82.6 Å². The van der Waals surface area contributed by atoms with Crippen molar-refractivity contribution in [3.63, 3.8) is 0 Å². The van der Waals surface area contributed by atoms with Gasteiger partial charge in [0.05, 0.1) is 24.0 Å². The van der Waals surface area contributed by atoms with Crippen molar-refractivity contribution in [1.82, 2.24) is 4.31 Å². The number of halogens is 1. The molecule has 3 atom stereocenters. The standard InChI is InChI=1S/C26H26ClNO5S2/c1-17-3-11-21(12-4-17)34-25-15-24(18-5-9-20(33-2)10-6-18)28(16-23(25)26(29)30)35(31,32)22-13-7-19(27)8-14-22/h3-14,23-25H,15-16H2,1-2H3,(H,29,30)/t23-,24+,25-/m1/s1. The fourth-order valence-electron chi connectivity index (χ4n) is 4.24. The summed E-state index contributed by atoms with van der Waals surface area (Å²) >= 11 is 7.45. The summed E-state index contributed by atoms with van der Waals surface area (Å²) in [5.74, 6) is -1.23. The fraction of sp³-hybridized carbons (Fsp3) is 0.269. The number of carboxylic acids is 1. The summed E-state index contributed by atoms with van der Waals surface area (Å²) in [6.07, 6.45) is 0.342. The number of piperidine rings is 1. The number of thioether (sulfide) groups is 1. The van der Waals surface area contributed by atoms with E-state index in [1.807, 2.05) is 43.3 Å². The zero-order valence-electron chi connectivity index (χ0n) is 19.3. The Labute approximate surface area is 214 Å². The van der Waals surface area contributed by atoms with Crippen molar-refractivity contribution in [2.45, 2.75) is 34.4 Å². The Morgan fingerprint density at radius 1 is 1.03 bits per heavy atom. The first-order valence-corrected chi connectivity index (χ1v) is 13.8. The summed E-state index contributed by atoms with van der Waals surface area (Å²) in [6.45, 7) is 1.86. The molecule has 3 aromatic rings. The van der Waals surface area contributed by atoms with Crippen molar-refractivity contribution >= 4 is 39.4 Å². The SMILES string of the molecule is COc1ccc([C@@H]2C[C@@H](Sc3ccc(C)cc3)[C@H](C(=O)O)CN2S(=O)(=O)c2ccc(Cl)cc2)cc1. The van der Waals surface area contributed by atoms with E-state index in [1.165, 1.54) is 40.3 Å². The molecule has 0 unspecified atom stereocenters. The predicted molar refractivity (Wildman–Crippen MR) is 138 cm³/mol. The van der Waals surface area contributed by atoms with Crippen LogP contribution in [-0.4, -0.2) is 42.7 Å². The Morgan fingerprint density at radius 3 is 2.23 bits per heavy atom. The normalized spacial score (nSPS) is 20.9. The lowest BCUT2D eigenvalue weighted by atomic mass is 9.90. The van der Waals surface area contributed by atoms with Crippen LogP contribution >= 0.6 is 23.4 Å². The number of hydrogen-bond acceptors (Lipinski definition) is 5. The quantitative estimate of drug-likeness (QED) is 0.424. The summed E-state index contributed by atoms with van der Waals surface area (Å²) in [5.41, 5.74) is 1.89. The van der Waals surface area contributed by atoms with Crippen LogP contribution in [0.25, 0.3) is 0 Å². The number of aryl methyl sites for hydroxylation is 1. The Balaban J connectivity index is 1.75. The minimum atomic E-state index is -3.99. The summed E-state index contributed by atoms with van der Waals surface area (Å²) in [6, 6.07) is 20.6. The van der Waals surface area contributed by atoms with E-state index in [0.29, 0.717) is 17.2 Å². The minimum absolute atomic E-state index is 0.0780. The van der Waals surface area contributed by atoms with Gasteiger partial charge in [-0.2, -0.15) is 4.31 Å². The third-order valence-electron chi connectivity index (χ3n) is 6.18. The number of carbonyl (C=O) groups is 1. The molecule has 35 heavy (non-hydrogen) atoms. The third kappa shape index (κ3) is 5.67. The second-order valence-electron chi connectivity index (χ2n) is 8.47. The van der Waals surface area contributed by atoms with Gasteiger partial charge in [0.1, 0.15) is 5.75 Å². The van der Waals surface area contributed by atoms with E-state index in [2.05, 4.69) is 0 Å². The number of carboxylic acid groups (broad SMARTS) is 1. The number of ether oxygens (including phenoxy) is 1. The highest BCUT2D eigenvalue weighted by atomic mass is 35.5. The van der Waals surface area contributed by atoms with E-state index in [0.717, 1.165) is 16.0 Å². The number of methoxy groups -OCH3 is 1. The maximum atomic E-state index is 13.7. The Hall–Kier alpha value is -2.52. The summed E-state index contributed by atoms with van der Waals surface area (Å²) in [7, 11) is -2.42. The fourth-order valence-corrected chi connectivity index (χ4v) is 7.30. The van der Waals surface area contributed by atoms with Gasteiger partial charge < -0.3 is 9.84 Å². The molecule has 1 heterocycles. The molecule has 0 aliphatic carbocycles. The first-order valence-electron chi connectivity index (χ1n) is 11.1. The maximum absolute atomic E-state index is 13.7. The topological polar surface area (TPSA) is 83.9 Å². The highest BCUT2D eigenvalue weighted by Crippen LogP contribution is 2.44. The smallest absolute Gasteiger partial charge is 0.308 e. The largest absolute Gasteiger partial charge is 0.497 e. The van der Waals surface area contributed by atoms with E-state index in [1.54, 1.807) is 19.2 Å². The highest BCUT2D eigenvalue weighted by molar-refractivity contribution is 8.00. The van der Waals surface area contributed by atoms with Crippen molar-refractivity contribution < 1.29 is 23.1 Å². The van der Waals surface area contributed by atoms with Crippen molar-refractivity contribution in [2.75, 3.05) is 13.7 Å². The van der Waals surface area contributed by atoms with Crippen molar-refractivity contribution in [2.24, 2.45) is 5.92 Å². The molecule has 0 radical (unpaired) electrons. The lowest BCUT2D eigenvalue weighted by Crippen LogP contribution is -2.49. The third-order valence-corrected chi connectivity index (χ3v) is 9.68. The van der Waals surface area contributed by atoms with Gasteiger partial charge in [-0.25, -0.2) is 8.42 Å². The molecule has 1 N–H and O–H groups in total. The predicted octanol–water partition coefficient (Wildman–Crippen LogP) is 5.65. The number of rotatable bonds is 7.